The van der Waals surface area contributed by atoms with Gasteiger partial charge in [-0.2, -0.15) is 0 Å². The molecule has 238 valence electrons. The van der Waals surface area contributed by atoms with E-state index in [0.717, 1.165) is 33.5 Å². The lowest BCUT2D eigenvalue weighted by atomic mass is 9.98. The fourth-order valence-electron chi connectivity index (χ4n) is 8.34. The minimum absolute atomic E-state index is 0.741. The normalized spacial score (nSPS) is 13.9. The van der Waals surface area contributed by atoms with Crippen molar-refractivity contribution in [2.45, 2.75) is 19.6 Å². The van der Waals surface area contributed by atoms with Crippen molar-refractivity contribution in [2.24, 2.45) is 0 Å². The Hall–Kier alpha value is -6.29. The Morgan fingerprint density at radius 1 is 0.333 bits per heavy atom. The summed E-state index contributed by atoms with van der Waals surface area (Å²) in [6.45, 7) is 0. The van der Waals surface area contributed by atoms with E-state index in [9.17, 15) is 0 Å². The third-order valence-electron chi connectivity index (χ3n) is 10.6. The van der Waals surface area contributed by atoms with Crippen LogP contribution in [0, 0.1) is 0 Å². The molecule has 9 aromatic rings. The quantitative estimate of drug-likeness (QED) is 0.188. The molecule has 1 spiro atoms. The third kappa shape index (κ3) is 4.07. The highest BCUT2D eigenvalue weighted by molar-refractivity contribution is 8.34. The van der Waals surface area contributed by atoms with E-state index >= 15 is 0 Å². The summed E-state index contributed by atoms with van der Waals surface area (Å²) in [5, 5.41) is 3.55. The smallest absolute Gasteiger partial charge is 0.160 e. The molecule has 3 heteroatoms. The van der Waals surface area contributed by atoms with E-state index in [2.05, 4.69) is 182 Å². The number of aromatic nitrogens is 2. The SMILES string of the molecule is c1ccc2c(c1)-c1ccccc1S21c2ccccc2-c2cc(-c3nc(-c4ccc(-c5ccc6ccccc6c5)cc4)c4ccccc4n3)ccc21. The predicted molar refractivity (Wildman–Crippen MR) is 211 cm³/mol. The maximum atomic E-state index is 5.32. The van der Waals surface area contributed by atoms with Gasteiger partial charge in [-0.3, -0.25) is 0 Å². The molecule has 8 aromatic carbocycles. The molecule has 0 atom stereocenters. The number of rotatable bonds is 3. The molecule has 2 nitrogen and oxygen atoms in total. The fourth-order valence-corrected chi connectivity index (χ4v) is 12.9. The Labute approximate surface area is 298 Å². The minimum atomic E-state index is -1.63. The van der Waals surface area contributed by atoms with E-state index in [0.29, 0.717) is 0 Å². The van der Waals surface area contributed by atoms with Crippen molar-refractivity contribution < 1.29 is 0 Å². The van der Waals surface area contributed by atoms with Crippen molar-refractivity contribution in [3.8, 4) is 56.0 Å². The van der Waals surface area contributed by atoms with Crippen LogP contribution in [0.1, 0.15) is 0 Å². The summed E-state index contributed by atoms with van der Waals surface area (Å²) in [5.41, 5.74) is 11.7. The average Bonchev–Trinajstić information content (AvgIpc) is 3.67. The van der Waals surface area contributed by atoms with Gasteiger partial charge in [-0.1, -0.05) is 140 Å². The molecular formula is C48H30N2S. The van der Waals surface area contributed by atoms with E-state index in [4.69, 9.17) is 9.97 Å². The van der Waals surface area contributed by atoms with Crippen LogP contribution in [0.5, 0.6) is 0 Å². The monoisotopic (exact) mass is 666 g/mol. The molecule has 0 unspecified atom stereocenters. The molecular weight excluding hydrogens is 637 g/mol. The van der Waals surface area contributed by atoms with Gasteiger partial charge < -0.3 is 0 Å². The lowest BCUT2D eigenvalue weighted by Crippen LogP contribution is -1.98. The molecule has 2 aliphatic rings. The topological polar surface area (TPSA) is 25.8 Å². The molecule has 3 heterocycles. The van der Waals surface area contributed by atoms with Gasteiger partial charge in [0.15, 0.2) is 5.82 Å². The van der Waals surface area contributed by atoms with E-state index in [-0.39, 0.29) is 0 Å². The van der Waals surface area contributed by atoms with Gasteiger partial charge in [-0.25, -0.2) is 9.97 Å². The lowest BCUT2D eigenvalue weighted by Gasteiger charge is -2.36. The lowest BCUT2D eigenvalue weighted by molar-refractivity contribution is 1.22. The van der Waals surface area contributed by atoms with Crippen molar-refractivity contribution >= 4 is 31.7 Å². The van der Waals surface area contributed by atoms with Gasteiger partial charge in [0.1, 0.15) is 0 Å². The largest absolute Gasteiger partial charge is 0.228 e. The summed E-state index contributed by atoms with van der Waals surface area (Å²) in [5.74, 6) is 0.741. The molecule has 2 aliphatic heterocycles. The van der Waals surface area contributed by atoms with Gasteiger partial charge in [0.05, 0.1) is 11.2 Å². The number of para-hydroxylation sites is 1. The maximum Gasteiger partial charge on any atom is 0.160 e. The molecule has 0 amide bonds. The zero-order valence-corrected chi connectivity index (χ0v) is 28.4. The molecule has 0 bridgehead atoms. The van der Waals surface area contributed by atoms with Gasteiger partial charge in [-0.15, -0.1) is 10.0 Å². The Morgan fingerprint density at radius 3 is 1.59 bits per heavy atom. The third-order valence-corrected chi connectivity index (χ3v) is 14.7. The zero-order valence-electron chi connectivity index (χ0n) is 27.6. The van der Waals surface area contributed by atoms with Crippen LogP contribution in [0.4, 0.5) is 0 Å². The van der Waals surface area contributed by atoms with Gasteiger partial charge in [0.2, 0.25) is 0 Å². The van der Waals surface area contributed by atoms with Crippen molar-refractivity contribution in [2.75, 3.05) is 0 Å². The molecule has 0 saturated carbocycles. The van der Waals surface area contributed by atoms with Crippen molar-refractivity contribution in [3.63, 3.8) is 0 Å². The summed E-state index contributed by atoms with van der Waals surface area (Å²) in [6, 6.07) is 66.4. The highest BCUT2D eigenvalue weighted by Gasteiger charge is 2.47. The van der Waals surface area contributed by atoms with Crippen LogP contribution in [0.25, 0.3) is 77.7 Å². The first-order valence-electron chi connectivity index (χ1n) is 17.4. The fraction of sp³-hybridized carbons (Fsp3) is 0. The van der Waals surface area contributed by atoms with Crippen LogP contribution in [-0.2, 0) is 0 Å². The first kappa shape index (κ1) is 28.5. The average molecular weight is 667 g/mol. The van der Waals surface area contributed by atoms with Crippen molar-refractivity contribution in [1.29, 1.82) is 0 Å². The Bertz CT molecular complexity index is 2830. The van der Waals surface area contributed by atoms with Crippen LogP contribution in [0.15, 0.2) is 202 Å². The first-order chi connectivity index (χ1) is 25.3. The second-order valence-corrected chi connectivity index (χ2v) is 16.3. The van der Waals surface area contributed by atoms with E-state index < -0.39 is 10.0 Å². The van der Waals surface area contributed by atoms with Gasteiger partial charge in [0.25, 0.3) is 0 Å². The molecule has 11 rings (SSSR count). The summed E-state index contributed by atoms with van der Waals surface area (Å²) >= 11 is 0. The Balaban J connectivity index is 1.06. The van der Waals surface area contributed by atoms with Crippen molar-refractivity contribution in [3.05, 3.63) is 182 Å². The molecule has 0 fully saturated rings. The number of hydrogen-bond donors (Lipinski definition) is 0. The minimum Gasteiger partial charge on any atom is -0.228 e. The highest BCUT2D eigenvalue weighted by Crippen LogP contribution is 2.84. The summed E-state index contributed by atoms with van der Waals surface area (Å²) in [7, 11) is -1.63. The number of nitrogens with zero attached hydrogens (tertiary/aromatic N) is 2. The predicted octanol–water partition coefficient (Wildman–Crippen LogP) is 13.1. The van der Waals surface area contributed by atoms with E-state index in [1.165, 1.54) is 63.7 Å². The molecule has 0 saturated heterocycles. The molecule has 0 aliphatic carbocycles. The van der Waals surface area contributed by atoms with Crippen LogP contribution < -0.4 is 0 Å². The molecule has 0 N–H and O–H groups in total. The summed E-state index contributed by atoms with van der Waals surface area (Å²) < 4.78 is 0. The number of benzene rings is 8. The van der Waals surface area contributed by atoms with Gasteiger partial charge in [-0.05, 0) is 86.6 Å². The van der Waals surface area contributed by atoms with Crippen LogP contribution in [0.3, 0.4) is 0 Å². The second kappa shape index (κ2) is 10.9. The number of fused-ring (bicyclic) bond motifs is 12. The Morgan fingerprint density at radius 2 is 0.863 bits per heavy atom. The molecule has 0 radical (unpaired) electrons. The van der Waals surface area contributed by atoms with Crippen LogP contribution in [0.2, 0.25) is 0 Å². The van der Waals surface area contributed by atoms with Gasteiger partial charge >= 0.3 is 0 Å². The standard InChI is InChI=1S/C48H30N2S/c1-2-12-34-29-35(26-23-31(34)11-1)32-21-24-33(25-22-32)47-40-16-3-7-17-42(40)49-48(50-47)36-27-28-46-41(30-36)39-15-6-10-20-45(39)51(46)43-18-8-4-13-37(43)38-14-5-9-19-44(38)51/h1-30H. The highest BCUT2D eigenvalue weighted by atomic mass is 32.3. The van der Waals surface area contributed by atoms with Crippen LogP contribution in [-0.4, -0.2) is 9.97 Å². The van der Waals surface area contributed by atoms with Crippen LogP contribution >= 0.6 is 10.0 Å². The second-order valence-electron chi connectivity index (χ2n) is 13.4. The first-order valence-corrected chi connectivity index (χ1v) is 19.0. The van der Waals surface area contributed by atoms with E-state index in [1.807, 2.05) is 0 Å². The van der Waals surface area contributed by atoms with Crippen molar-refractivity contribution in [1.82, 2.24) is 9.97 Å². The maximum absolute atomic E-state index is 5.32. The van der Waals surface area contributed by atoms with E-state index in [1.54, 1.807) is 0 Å². The summed E-state index contributed by atoms with van der Waals surface area (Å²) in [6.07, 6.45) is 0. The van der Waals surface area contributed by atoms with Gasteiger partial charge in [0, 0.05) is 36.1 Å². The molecule has 51 heavy (non-hydrogen) atoms. The zero-order chi connectivity index (χ0) is 33.5. The Kier molecular flexibility index (Phi) is 6.07. The molecule has 1 aromatic heterocycles. The number of hydrogen-bond acceptors (Lipinski definition) is 2. The summed E-state index contributed by atoms with van der Waals surface area (Å²) in [4.78, 5) is 16.2.